The van der Waals surface area contributed by atoms with Crippen LogP contribution < -0.4 is 10.1 Å². The van der Waals surface area contributed by atoms with Gasteiger partial charge in [0.05, 0.1) is 19.4 Å². The Hall–Kier alpha value is -2.49. The van der Waals surface area contributed by atoms with E-state index in [0.29, 0.717) is 24.9 Å². The molecule has 0 saturated heterocycles. The van der Waals surface area contributed by atoms with Gasteiger partial charge in [0, 0.05) is 19.0 Å². The normalized spacial score (nSPS) is 11.0. The molecule has 0 aliphatic carbocycles. The third-order valence-corrected chi connectivity index (χ3v) is 4.59. The third-order valence-electron chi connectivity index (χ3n) is 4.59. The van der Waals surface area contributed by atoms with E-state index in [2.05, 4.69) is 51.2 Å². The zero-order valence-electron chi connectivity index (χ0n) is 17.3. The van der Waals surface area contributed by atoms with Crippen LogP contribution in [-0.2, 0) is 16.0 Å². The van der Waals surface area contributed by atoms with Gasteiger partial charge in [-0.2, -0.15) is 0 Å². The maximum absolute atomic E-state index is 10.9. The van der Waals surface area contributed by atoms with E-state index in [4.69, 9.17) is 9.47 Å². The van der Waals surface area contributed by atoms with E-state index >= 15 is 0 Å². The fourth-order valence-corrected chi connectivity index (χ4v) is 3.14. The summed E-state index contributed by atoms with van der Waals surface area (Å²) in [5, 5.41) is 3.61. The Morgan fingerprint density at radius 3 is 2.19 bits per heavy atom. The molecule has 4 nitrogen and oxygen atoms in total. The van der Waals surface area contributed by atoms with Crippen molar-refractivity contribution in [1.29, 1.82) is 0 Å². The number of carbonyl (C=O) groups excluding carboxylic acids is 1. The van der Waals surface area contributed by atoms with E-state index in [9.17, 15) is 4.79 Å². The topological polar surface area (TPSA) is 47.6 Å². The molecule has 27 heavy (non-hydrogen) atoms. The molecule has 0 aromatic heterocycles. The molecule has 0 atom stereocenters. The predicted octanol–water partition coefficient (Wildman–Crippen LogP) is 5.79. The number of benzene rings is 2. The highest BCUT2D eigenvalue weighted by Gasteiger charge is 2.15. The van der Waals surface area contributed by atoms with Crippen LogP contribution in [0, 0.1) is 0 Å². The minimum absolute atomic E-state index is 0.258. The Kier molecular flexibility index (Phi) is 7.28. The van der Waals surface area contributed by atoms with Crippen molar-refractivity contribution in [2.45, 2.75) is 52.9 Å². The first-order valence-electron chi connectivity index (χ1n) is 9.53. The molecule has 2 aromatic rings. The molecule has 0 amide bonds. The van der Waals surface area contributed by atoms with Crippen molar-refractivity contribution in [3.63, 3.8) is 0 Å². The summed E-state index contributed by atoms with van der Waals surface area (Å²) in [5.41, 5.74) is 5.75. The minimum atomic E-state index is -0.258. The van der Waals surface area contributed by atoms with E-state index in [-0.39, 0.29) is 5.97 Å². The number of anilines is 2. The summed E-state index contributed by atoms with van der Waals surface area (Å²) in [6, 6.07) is 12.6. The van der Waals surface area contributed by atoms with Crippen LogP contribution in [0.3, 0.4) is 0 Å². The second-order valence-electron chi connectivity index (χ2n) is 7.37. The lowest BCUT2D eigenvalue weighted by molar-refractivity contribution is -0.140. The Morgan fingerprint density at radius 2 is 1.67 bits per heavy atom. The van der Waals surface area contributed by atoms with Gasteiger partial charge >= 0.3 is 5.97 Å². The molecule has 0 radical (unpaired) electrons. The molecule has 0 saturated carbocycles. The summed E-state index contributed by atoms with van der Waals surface area (Å²) in [6.45, 7) is 10.6. The molecule has 146 valence electrons. The molecule has 0 spiro atoms. The number of hydrogen-bond donors (Lipinski definition) is 1. The van der Waals surface area contributed by atoms with Crippen molar-refractivity contribution >= 4 is 17.3 Å². The van der Waals surface area contributed by atoms with Gasteiger partial charge < -0.3 is 14.8 Å². The Bertz CT molecular complexity index is 755. The summed E-state index contributed by atoms with van der Waals surface area (Å²) in [6.07, 6.45) is 0.663. The first-order chi connectivity index (χ1) is 12.8. The van der Waals surface area contributed by atoms with E-state index in [1.54, 1.807) is 7.11 Å². The second kappa shape index (κ2) is 9.45. The van der Waals surface area contributed by atoms with Crippen molar-refractivity contribution in [2.75, 3.05) is 19.0 Å². The lowest BCUT2D eigenvalue weighted by atomic mass is 9.92. The number of carbonyl (C=O) groups is 1. The number of ether oxygens (including phenoxy) is 2. The van der Waals surface area contributed by atoms with Gasteiger partial charge in [-0.05, 0) is 40.7 Å². The number of nitrogens with one attached hydrogen (secondary N) is 1. The number of hydrogen-bond acceptors (Lipinski definition) is 4. The Morgan fingerprint density at radius 1 is 1.04 bits per heavy atom. The number of esters is 1. The lowest BCUT2D eigenvalue weighted by Crippen LogP contribution is -2.06. The van der Waals surface area contributed by atoms with Gasteiger partial charge in [0.2, 0.25) is 0 Å². The predicted molar refractivity (Wildman–Crippen MR) is 111 cm³/mol. The maximum Gasteiger partial charge on any atom is 0.302 e. The SMILES string of the molecule is COc1cc(CCOC(C)=O)ccc1Nc1c(C(C)C)cccc1C(C)C. The first-order valence-corrected chi connectivity index (χ1v) is 9.53. The first kappa shape index (κ1) is 20.8. The van der Waals surface area contributed by atoms with Gasteiger partial charge in [0.25, 0.3) is 0 Å². The van der Waals surface area contributed by atoms with Crippen LogP contribution in [0.25, 0.3) is 0 Å². The number of rotatable bonds is 8. The van der Waals surface area contributed by atoms with Gasteiger partial charge in [0.1, 0.15) is 5.75 Å². The molecule has 0 fully saturated rings. The van der Waals surface area contributed by atoms with Gasteiger partial charge in [-0.25, -0.2) is 0 Å². The van der Waals surface area contributed by atoms with Crippen LogP contribution in [0.1, 0.15) is 63.1 Å². The van der Waals surface area contributed by atoms with Gasteiger partial charge in [-0.15, -0.1) is 0 Å². The smallest absolute Gasteiger partial charge is 0.302 e. The minimum Gasteiger partial charge on any atom is -0.495 e. The largest absolute Gasteiger partial charge is 0.495 e. The quantitative estimate of drug-likeness (QED) is 0.598. The molecule has 2 rings (SSSR count). The summed E-state index contributed by atoms with van der Waals surface area (Å²) >= 11 is 0. The van der Waals surface area contributed by atoms with Crippen LogP contribution in [0.15, 0.2) is 36.4 Å². The standard InChI is InChI=1S/C23H31NO3/c1-15(2)19-8-7-9-20(16(3)4)23(19)24-21-11-10-18(14-22(21)26-6)12-13-27-17(5)25/h7-11,14-16,24H,12-13H2,1-6H3. The summed E-state index contributed by atoms with van der Waals surface area (Å²) in [5.74, 6) is 1.36. The summed E-state index contributed by atoms with van der Waals surface area (Å²) in [7, 11) is 1.67. The molecule has 0 aliphatic rings. The highest BCUT2D eigenvalue weighted by Crippen LogP contribution is 2.37. The van der Waals surface area contributed by atoms with Crippen molar-refractivity contribution < 1.29 is 14.3 Å². The van der Waals surface area contributed by atoms with Gasteiger partial charge in [0.15, 0.2) is 0 Å². The van der Waals surface area contributed by atoms with E-state index in [0.717, 1.165) is 22.7 Å². The third kappa shape index (κ3) is 5.49. The highest BCUT2D eigenvalue weighted by molar-refractivity contribution is 5.72. The van der Waals surface area contributed by atoms with Crippen molar-refractivity contribution in [3.8, 4) is 5.75 Å². The van der Waals surface area contributed by atoms with Crippen molar-refractivity contribution in [1.82, 2.24) is 0 Å². The van der Waals surface area contributed by atoms with Crippen LogP contribution in [0.5, 0.6) is 5.75 Å². The Labute approximate surface area is 162 Å². The monoisotopic (exact) mass is 369 g/mol. The van der Waals surface area contributed by atoms with Crippen LogP contribution >= 0.6 is 0 Å². The number of methoxy groups -OCH3 is 1. The van der Waals surface area contributed by atoms with Crippen LogP contribution in [0.2, 0.25) is 0 Å². The molecule has 0 bridgehead atoms. The maximum atomic E-state index is 10.9. The highest BCUT2D eigenvalue weighted by atomic mass is 16.5. The number of para-hydroxylation sites is 1. The fraction of sp³-hybridized carbons (Fsp3) is 0.435. The fourth-order valence-electron chi connectivity index (χ4n) is 3.14. The summed E-state index contributed by atoms with van der Waals surface area (Å²) in [4.78, 5) is 10.9. The second-order valence-corrected chi connectivity index (χ2v) is 7.37. The van der Waals surface area contributed by atoms with Gasteiger partial charge in [-0.3, -0.25) is 4.79 Å². The van der Waals surface area contributed by atoms with Crippen molar-refractivity contribution in [3.05, 3.63) is 53.1 Å². The zero-order valence-corrected chi connectivity index (χ0v) is 17.3. The zero-order chi connectivity index (χ0) is 20.0. The summed E-state index contributed by atoms with van der Waals surface area (Å²) < 4.78 is 10.7. The van der Waals surface area contributed by atoms with E-state index in [1.807, 2.05) is 18.2 Å². The van der Waals surface area contributed by atoms with E-state index < -0.39 is 0 Å². The molecular formula is C23H31NO3. The van der Waals surface area contributed by atoms with Crippen molar-refractivity contribution in [2.24, 2.45) is 0 Å². The van der Waals surface area contributed by atoms with Crippen LogP contribution in [-0.4, -0.2) is 19.7 Å². The molecule has 4 heteroatoms. The molecule has 0 aliphatic heterocycles. The lowest BCUT2D eigenvalue weighted by Gasteiger charge is -2.22. The molecule has 1 N–H and O–H groups in total. The molecule has 0 heterocycles. The average molecular weight is 370 g/mol. The Balaban J connectivity index is 2.33. The van der Waals surface area contributed by atoms with Crippen LogP contribution in [0.4, 0.5) is 11.4 Å². The molecule has 0 unspecified atom stereocenters. The van der Waals surface area contributed by atoms with E-state index in [1.165, 1.54) is 18.1 Å². The molecular weight excluding hydrogens is 338 g/mol. The molecule has 2 aromatic carbocycles. The average Bonchev–Trinajstić information content (AvgIpc) is 2.62. The van der Waals surface area contributed by atoms with Gasteiger partial charge in [-0.1, -0.05) is 52.0 Å².